The van der Waals surface area contributed by atoms with Gasteiger partial charge < -0.3 is 0 Å². The van der Waals surface area contributed by atoms with Crippen molar-refractivity contribution in [3.63, 3.8) is 0 Å². The predicted octanol–water partition coefficient (Wildman–Crippen LogP) is 3.79. The van der Waals surface area contributed by atoms with E-state index in [1.807, 2.05) is 19.1 Å². The van der Waals surface area contributed by atoms with E-state index in [1.165, 1.54) is 5.56 Å². The molecule has 0 N–H and O–H groups in total. The highest BCUT2D eigenvalue weighted by Crippen LogP contribution is 2.24. The predicted molar refractivity (Wildman–Crippen MR) is 64.3 cm³/mol. The SMILES string of the molecule is CC(=O)c1c(C)cccc1CC(C)(C)C. The van der Waals surface area contributed by atoms with E-state index in [2.05, 4.69) is 26.8 Å². The van der Waals surface area contributed by atoms with Crippen molar-refractivity contribution in [2.24, 2.45) is 5.41 Å². The van der Waals surface area contributed by atoms with Gasteiger partial charge in [0.05, 0.1) is 0 Å². The molecule has 0 aliphatic rings. The van der Waals surface area contributed by atoms with E-state index >= 15 is 0 Å². The summed E-state index contributed by atoms with van der Waals surface area (Å²) in [6.45, 7) is 10.2. The molecule has 0 bridgehead atoms. The summed E-state index contributed by atoms with van der Waals surface area (Å²) in [7, 11) is 0. The third-order valence-electron chi connectivity index (χ3n) is 2.43. The molecule has 0 aromatic heterocycles. The Kier molecular flexibility index (Phi) is 3.33. The number of Topliss-reactive ketones (excluding diaryl/α,β-unsaturated/α-hetero) is 1. The van der Waals surface area contributed by atoms with Gasteiger partial charge in [-0.2, -0.15) is 0 Å². The summed E-state index contributed by atoms with van der Waals surface area (Å²) in [4.78, 5) is 11.6. The summed E-state index contributed by atoms with van der Waals surface area (Å²) in [5.74, 6) is 0.173. The van der Waals surface area contributed by atoms with Crippen LogP contribution in [0.5, 0.6) is 0 Å². The zero-order valence-electron chi connectivity index (χ0n) is 10.3. The van der Waals surface area contributed by atoms with E-state index in [1.54, 1.807) is 6.92 Å². The first-order valence-corrected chi connectivity index (χ1v) is 5.41. The van der Waals surface area contributed by atoms with Crippen LogP contribution in [0.15, 0.2) is 18.2 Å². The smallest absolute Gasteiger partial charge is 0.160 e. The monoisotopic (exact) mass is 204 g/mol. The minimum Gasteiger partial charge on any atom is -0.294 e. The molecule has 82 valence electrons. The molecular weight excluding hydrogens is 184 g/mol. The standard InChI is InChI=1S/C14H20O/c1-10-7-6-8-12(9-14(3,4)5)13(10)11(2)15/h6-8H,9H2,1-5H3. The summed E-state index contributed by atoms with van der Waals surface area (Å²) < 4.78 is 0. The van der Waals surface area contributed by atoms with Crippen LogP contribution in [0.4, 0.5) is 0 Å². The molecule has 0 amide bonds. The molecule has 1 aromatic rings. The first-order chi connectivity index (χ1) is 6.81. The van der Waals surface area contributed by atoms with Crippen LogP contribution < -0.4 is 0 Å². The summed E-state index contributed by atoms with van der Waals surface area (Å²) in [6.07, 6.45) is 0.948. The van der Waals surface area contributed by atoms with Crippen molar-refractivity contribution >= 4 is 5.78 Å². The molecule has 0 fully saturated rings. The maximum absolute atomic E-state index is 11.6. The quantitative estimate of drug-likeness (QED) is 0.670. The number of aryl methyl sites for hydroxylation is 1. The highest BCUT2D eigenvalue weighted by molar-refractivity contribution is 5.97. The Morgan fingerprint density at radius 2 is 1.87 bits per heavy atom. The molecule has 0 radical (unpaired) electrons. The fourth-order valence-electron chi connectivity index (χ4n) is 1.95. The third-order valence-corrected chi connectivity index (χ3v) is 2.43. The highest BCUT2D eigenvalue weighted by atomic mass is 16.1. The topological polar surface area (TPSA) is 17.1 Å². The highest BCUT2D eigenvalue weighted by Gasteiger charge is 2.16. The van der Waals surface area contributed by atoms with Gasteiger partial charge in [0, 0.05) is 5.56 Å². The van der Waals surface area contributed by atoms with E-state index in [-0.39, 0.29) is 11.2 Å². The zero-order valence-corrected chi connectivity index (χ0v) is 10.3. The molecule has 1 nitrogen and oxygen atoms in total. The number of hydrogen-bond acceptors (Lipinski definition) is 1. The van der Waals surface area contributed by atoms with Crippen molar-refractivity contribution in [2.75, 3.05) is 0 Å². The van der Waals surface area contributed by atoms with Gasteiger partial charge in [-0.25, -0.2) is 0 Å². The lowest BCUT2D eigenvalue weighted by Gasteiger charge is -2.20. The van der Waals surface area contributed by atoms with E-state index < -0.39 is 0 Å². The van der Waals surface area contributed by atoms with Crippen molar-refractivity contribution in [3.8, 4) is 0 Å². The number of ketones is 1. The van der Waals surface area contributed by atoms with Crippen molar-refractivity contribution in [3.05, 3.63) is 34.9 Å². The van der Waals surface area contributed by atoms with Gasteiger partial charge >= 0.3 is 0 Å². The third kappa shape index (κ3) is 3.19. The van der Waals surface area contributed by atoms with Gasteiger partial charge in [0.2, 0.25) is 0 Å². The van der Waals surface area contributed by atoms with Crippen LogP contribution in [-0.2, 0) is 6.42 Å². The second-order valence-electron chi connectivity index (χ2n) is 5.40. The minimum atomic E-state index is 0.173. The lowest BCUT2D eigenvalue weighted by atomic mass is 9.84. The van der Waals surface area contributed by atoms with E-state index in [9.17, 15) is 4.79 Å². The lowest BCUT2D eigenvalue weighted by Crippen LogP contribution is -2.13. The summed E-state index contributed by atoms with van der Waals surface area (Å²) in [5.41, 5.74) is 3.39. The molecule has 1 aromatic carbocycles. The fourth-order valence-corrected chi connectivity index (χ4v) is 1.95. The van der Waals surface area contributed by atoms with Gasteiger partial charge in [0.15, 0.2) is 5.78 Å². The molecule has 0 unspecified atom stereocenters. The molecule has 0 saturated carbocycles. The average Bonchev–Trinajstić information content (AvgIpc) is 1.99. The lowest BCUT2D eigenvalue weighted by molar-refractivity contribution is 0.101. The molecule has 0 aliphatic carbocycles. The Morgan fingerprint density at radius 3 is 2.33 bits per heavy atom. The molecular formula is C14H20O. The molecule has 0 saturated heterocycles. The minimum absolute atomic E-state index is 0.173. The number of carbonyl (C=O) groups is 1. The number of carbonyl (C=O) groups excluding carboxylic acids is 1. The Balaban J connectivity index is 3.18. The molecule has 1 heteroatoms. The van der Waals surface area contributed by atoms with Gasteiger partial charge in [-0.1, -0.05) is 39.0 Å². The first kappa shape index (κ1) is 12.0. The fraction of sp³-hybridized carbons (Fsp3) is 0.500. The zero-order chi connectivity index (χ0) is 11.6. The maximum atomic E-state index is 11.6. The van der Waals surface area contributed by atoms with Crippen LogP contribution in [0.25, 0.3) is 0 Å². The van der Waals surface area contributed by atoms with Crippen molar-refractivity contribution < 1.29 is 4.79 Å². The van der Waals surface area contributed by atoms with Gasteiger partial charge in [-0.3, -0.25) is 4.79 Å². The van der Waals surface area contributed by atoms with Crippen LogP contribution >= 0.6 is 0 Å². The van der Waals surface area contributed by atoms with E-state index in [0.717, 1.165) is 17.5 Å². The Bertz CT molecular complexity index is 369. The summed E-state index contributed by atoms with van der Waals surface area (Å²) in [5, 5.41) is 0. The summed E-state index contributed by atoms with van der Waals surface area (Å²) in [6, 6.07) is 6.10. The molecule has 0 aliphatic heterocycles. The van der Waals surface area contributed by atoms with Crippen molar-refractivity contribution in [1.29, 1.82) is 0 Å². The van der Waals surface area contributed by atoms with Crippen molar-refractivity contribution in [2.45, 2.75) is 41.0 Å². The maximum Gasteiger partial charge on any atom is 0.160 e. The second-order valence-corrected chi connectivity index (χ2v) is 5.40. The Labute approximate surface area is 92.5 Å². The molecule has 0 atom stereocenters. The number of hydrogen-bond donors (Lipinski definition) is 0. The van der Waals surface area contributed by atoms with Gasteiger partial charge in [0.25, 0.3) is 0 Å². The van der Waals surface area contributed by atoms with E-state index in [4.69, 9.17) is 0 Å². The van der Waals surface area contributed by atoms with Crippen LogP contribution in [0.3, 0.4) is 0 Å². The number of benzene rings is 1. The van der Waals surface area contributed by atoms with Crippen LogP contribution in [0.1, 0.15) is 49.2 Å². The largest absolute Gasteiger partial charge is 0.294 e. The molecule has 1 rings (SSSR count). The average molecular weight is 204 g/mol. The molecule has 0 heterocycles. The van der Waals surface area contributed by atoms with Gasteiger partial charge in [0.1, 0.15) is 0 Å². The van der Waals surface area contributed by atoms with Gasteiger partial charge in [-0.15, -0.1) is 0 Å². The summed E-state index contributed by atoms with van der Waals surface area (Å²) >= 11 is 0. The normalized spacial score (nSPS) is 11.5. The van der Waals surface area contributed by atoms with Crippen LogP contribution in [-0.4, -0.2) is 5.78 Å². The number of rotatable bonds is 2. The molecule has 0 spiro atoms. The Hall–Kier alpha value is -1.11. The van der Waals surface area contributed by atoms with Crippen LogP contribution in [0.2, 0.25) is 0 Å². The van der Waals surface area contributed by atoms with Crippen LogP contribution in [0, 0.1) is 12.3 Å². The van der Waals surface area contributed by atoms with E-state index in [0.29, 0.717) is 0 Å². The van der Waals surface area contributed by atoms with Crippen molar-refractivity contribution in [1.82, 2.24) is 0 Å². The van der Waals surface area contributed by atoms with Gasteiger partial charge in [-0.05, 0) is 36.8 Å². The molecule has 15 heavy (non-hydrogen) atoms. The Morgan fingerprint density at radius 1 is 1.27 bits per heavy atom. The first-order valence-electron chi connectivity index (χ1n) is 5.41. The second kappa shape index (κ2) is 4.18.